The molecule has 0 spiro atoms. The van der Waals surface area contributed by atoms with E-state index in [1.165, 1.54) is 0 Å². The van der Waals surface area contributed by atoms with Crippen molar-refractivity contribution in [3.05, 3.63) is 128 Å². The lowest BCUT2D eigenvalue weighted by Gasteiger charge is -2.08. The molecule has 0 saturated carbocycles. The molecule has 6 rings (SSSR count). The zero-order valence-electron chi connectivity index (χ0n) is 19.2. The van der Waals surface area contributed by atoms with Crippen LogP contribution in [0.15, 0.2) is 107 Å². The number of nitrogens with two attached hydrogens (primary N) is 1. The van der Waals surface area contributed by atoms with Crippen LogP contribution in [-0.2, 0) is 0 Å². The topological polar surface area (TPSA) is 107 Å². The van der Waals surface area contributed by atoms with Gasteiger partial charge in [-0.25, -0.2) is 5.10 Å². The summed E-state index contributed by atoms with van der Waals surface area (Å²) in [5, 5.41) is 14.8. The summed E-state index contributed by atoms with van der Waals surface area (Å²) >= 11 is 12.0. The van der Waals surface area contributed by atoms with E-state index in [1.54, 1.807) is 36.4 Å². The normalized spacial score (nSPS) is 10.8. The number of nitrogen functional groups attached to an aromatic ring is 1. The number of rotatable bonds is 2. The van der Waals surface area contributed by atoms with Crippen molar-refractivity contribution in [2.75, 3.05) is 5.84 Å². The number of H-pyrrole nitrogens is 1. The molecule has 0 aliphatic rings. The number of aromatic amines is 1. The lowest BCUT2D eigenvalue weighted by Crippen LogP contribution is -2.30. The van der Waals surface area contributed by atoms with Crippen LogP contribution in [0.25, 0.3) is 44.1 Å². The summed E-state index contributed by atoms with van der Waals surface area (Å²) < 4.78 is 0. The summed E-state index contributed by atoms with van der Waals surface area (Å²) in [4.78, 5) is 24.5. The Morgan fingerprint density at radius 3 is 1.76 bits per heavy atom. The first kappa shape index (κ1) is 24.2. The van der Waals surface area contributed by atoms with Gasteiger partial charge in [0, 0.05) is 31.9 Å². The second kappa shape index (κ2) is 10.3. The Morgan fingerprint density at radius 1 is 0.649 bits per heavy atom. The number of benzene rings is 4. The Morgan fingerprint density at radius 2 is 1.16 bits per heavy atom. The predicted octanol–water partition coefficient (Wildman–Crippen LogP) is 5.67. The zero-order chi connectivity index (χ0) is 25.9. The van der Waals surface area contributed by atoms with Crippen molar-refractivity contribution in [3.63, 3.8) is 0 Å². The molecule has 9 heteroatoms. The SMILES string of the molecule is Nn1nc(-c2cccc(Cl)c2)c2ccccc2c1=O.O=c1[nH]nc(-c2cccc(Cl)c2)c2ccccc12. The third kappa shape index (κ3) is 4.95. The highest BCUT2D eigenvalue weighted by atomic mass is 35.5. The minimum Gasteiger partial charge on any atom is -0.320 e. The molecule has 6 aromatic rings. The molecule has 3 N–H and O–H groups in total. The van der Waals surface area contributed by atoms with Crippen LogP contribution >= 0.6 is 23.2 Å². The van der Waals surface area contributed by atoms with Crippen LogP contribution in [0.5, 0.6) is 0 Å². The zero-order valence-corrected chi connectivity index (χ0v) is 20.7. The second-order valence-electron chi connectivity index (χ2n) is 8.11. The third-order valence-corrected chi connectivity index (χ3v) is 6.19. The van der Waals surface area contributed by atoms with Crippen LogP contribution in [0.2, 0.25) is 10.0 Å². The molecular weight excluding hydrogens is 509 g/mol. The van der Waals surface area contributed by atoms with E-state index >= 15 is 0 Å². The van der Waals surface area contributed by atoms with Crippen LogP contribution < -0.4 is 17.0 Å². The van der Waals surface area contributed by atoms with Gasteiger partial charge >= 0.3 is 0 Å². The van der Waals surface area contributed by atoms with Crippen LogP contribution in [0, 0.1) is 0 Å². The molecule has 0 bridgehead atoms. The third-order valence-electron chi connectivity index (χ3n) is 5.72. The molecule has 0 radical (unpaired) electrons. The highest BCUT2D eigenvalue weighted by Gasteiger charge is 2.11. The molecule has 37 heavy (non-hydrogen) atoms. The summed E-state index contributed by atoms with van der Waals surface area (Å²) in [6.07, 6.45) is 0. The van der Waals surface area contributed by atoms with E-state index in [0.717, 1.165) is 32.4 Å². The van der Waals surface area contributed by atoms with Gasteiger partial charge in [-0.2, -0.15) is 5.10 Å². The van der Waals surface area contributed by atoms with E-state index < -0.39 is 0 Å². The van der Waals surface area contributed by atoms with Crippen molar-refractivity contribution >= 4 is 44.7 Å². The molecule has 0 amide bonds. The standard InChI is InChI=1S/C14H10ClN3O.C14H9ClN2O/c15-10-5-3-4-9(8-10)13-11-6-1-2-7-12(11)14(19)18(16)17-13;15-10-5-3-4-9(8-10)13-11-6-1-2-7-12(11)14(18)17-16-13/h1-8H,16H2;1-8H,(H,17,18). The van der Waals surface area contributed by atoms with Gasteiger partial charge in [0.1, 0.15) is 5.69 Å². The van der Waals surface area contributed by atoms with Crippen molar-refractivity contribution in [1.82, 2.24) is 20.1 Å². The van der Waals surface area contributed by atoms with Gasteiger partial charge in [0.2, 0.25) is 0 Å². The summed E-state index contributed by atoms with van der Waals surface area (Å²) in [6.45, 7) is 0. The van der Waals surface area contributed by atoms with E-state index in [9.17, 15) is 9.59 Å². The number of aromatic nitrogens is 4. The molecule has 0 saturated heterocycles. The fourth-order valence-corrected chi connectivity index (χ4v) is 4.41. The Kier molecular flexibility index (Phi) is 6.72. The Hall–Kier alpha value is -4.46. The van der Waals surface area contributed by atoms with Gasteiger partial charge in [0.15, 0.2) is 0 Å². The largest absolute Gasteiger partial charge is 0.320 e. The number of nitrogens with one attached hydrogen (secondary N) is 1. The van der Waals surface area contributed by atoms with Gasteiger partial charge in [-0.05, 0) is 36.4 Å². The van der Waals surface area contributed by atoms with Crippen molar-refractivity contribution in [3.8, 4) is 22.5 Å². The van der Waals surface area contributed by atoms with Crippen LogP contribution in [-0.4, -0.2) is 20.1 Å². The van der Waals surface area contributed by atoms with E-state index in [4.69, 9.17) is 29.0 Å². The van der Waals surface area contributed by atoms with Gasteiger partial charge in [-0.1, -0.05) is 83.9 Å². The first-order valence-electron chi connectivity index (χ1n) is 11.2. The Labute approximate surface area is 220 Å². The molecule has 7 nitrogen and oxygen atoms in total. The maximum absolute atomic E-state index is 11.9. The molecule has 0 unspecified atom stereocenters. The molecule has 182 valence electrons. The Balaban J connectivity index is 0.000000152. The van der Waals surface area contributed by atoms with Crippen molar-refractivity contribution < 1.29 is 0 Å². The monoisotopic (exact) mass is 527 g/mol. The Bertz CT molecular complexity index is 1880. The van der Waals surface area contributed by atoms with Crippen LogP contribution in [0.1, 0.15) is 0 Å². The average molecular weight is 528 g/mol. The van der Waals surface area contributed by atoms with Crippen LogP contribution in [0.3, 0.4) is 0 Å². The summed E-state index contributed by atoms with van der Waals surface area (Å²) in [6, 6.07) is 29.3. The number of nitrogens with zero attached hydrogens (tertiary/aromatic N) is 3. The lowest BCUT2D eigenvalue weighted by atomic mass is 10.1. The first-order valence-corrected chi connectivity index (χ1v) is 11.9. The number of hydrogen-bond acceptors (Lipinski definition) is 5. The van der Waals surface area contributed by atoms with E-state index in [-0.39, 0.29) is 11.1 Å². The van der Waals surface area contributed by atoms with Gasteiger partial charge in [-0.3, -0.25) is 9.59 Å². The van der Waals surface area contributed by atoms with E-state index in [2.05, 4.69) is 15.3 Å². The average Bonchev–Trinajstić information content (AvgIpc) is 2.91. The molecule has 0 aliphatic carbocycles. The highest BCUT2D eigenvalue weighted by molar-refractivity contribution is 6.31. The number of halogens is 2. The molecule has 0 fully saturated rings. The molecule has 2 aromatic heterocycles. The van der Waals surface area contributed by atoms with Gasteiger partial charge < -0.3 is 5.84 Å². The smallest absolute Gasteiger partial charge is 0.293 e. The lowest BCUT2D eigenvalue weighted by molar-refractivity contribution is 0.781. The molecule has 4 aromatic carbocycles. The number of hydrogen-bond donors (Lipinski definition) is 2. The summed E-state index contributed by atoms with van der Waals surface area (Å²) in [5.74, 6) is 5.62. The quantitative estimate of drug-likeness (QED) is 0.282. The van der Waals surface area contributed by atoms with Gasteiger partial charge in [-0.15, -0.1) is 9.89 Å². The van der Waals surface area contributed by atoms with E-state index in [1.807, 2.05) is 60.7 Å². The van der Waals surface area contributed by atoms with Gasteiger partial charge in [0.05, 0.1) is 16.5 Å². The number of fused-ring (bicyclic) bond motifs is 2. The fourth-order valence-electron chi connectivity index (χ4n) is 4.03. The van der Waals surface area contributed by atoms with Crippen molar-refractivity contribution in [2.24, 2.45) is 0 Å². The minimum absolute atomic E-state index is 0.184. The maximum atomic E-state index is 11.9. The second-order valence-corrected chi connectivity index (χ2v) is 8.98. The first-order chi connectivity index (χ1) is 17.9. The minimum atomic E-state index is -0.318. The molecular formula is C28H19Cl2N5O2. The van der Waals surface area contributed by atoms with Gasteiger partial charge in [0.25, 0.3) is 11.1 Å². The van der Waals surface area contributed by atoms with Crippen LogP contribution in [0.4, 0.5) is 0 Å². The highest BCUT2D eigenvalue weighted by Crippen LogP contribution is 2.27. The summed E-state index contributed by atoms with van der Waals surface area (Å²) in [5.41, 5.74) is 2.57. The maximum Gasteiger partial charge on any atom is 0.293 e. The van der Waals surface area contributed by atoms with E-state index in [0.29, 0.717) is 26.5 Å². The molecule has 0 atom stereocenters. The van der Waals surface area contributed by atoms with Crippen molar-refractivity contribution in [2.45, 2.75) is 0 Å². The molecule has 2 heterocycles. The fraction of sp³-hybridized carbons (Fsp3) is 0. The molecule has 0 aliphatic heterocycles. The summed E-state index contributed by atoms with van der Waals surface area (Å²) in [7, 11) is 0. The predicted molar refractivity (Wildman–Crippen MR) is 149 cm³/mol. The van der Waals surface area contributed by atoms with Crippen molar-refractivity contribution in [1.29, 1.82) is 0 Å².